The third kappa shape index (κ3) is 5.85. The molecule has 5 heteroatoms. The van der Waals surface area contributed by atoms with Gasteiger partial charge >= 0.3 is 0 Å². The summed E-state index contributed by atoms with van der Waals surface area (Å²) in [6.45, 7) is 5.42. The molecule has 0 aliphatic heterocycles. The third-order valence-corrected chi connectivity index (χ3v) is 3.30. The Morgan fingerprint density at radius 2 is 1.81 bits per heavy atom. The Hall–Kier alpha value is -2.04. The number of nitrogens with one attached hydrogen (secondary N) is 2. The number of benzene rings is 1. The van der Waals surface area contributed by atoms with Gasteiger partial charge in [0, 0.05) is 13.0 Å². The summed E-state index contributed by atoms with van der Waals surface area (Å²) in [7, 11) is 1.60. The van der Waals surface area contributed by atoms with E-state index in [0.29, 0.717) is 0 Å². The second kappa shape index (κ2) is 8.29. The third-order valence-electron chi connectivity index (χ3n) is 3.30. The van der Waals surface area contributed by atoms with Crippen molar-refractivity contribution in [2.75, 3.05) is 7.11 Å². The Morgan fingerprint density at radius 3 is 2.29 bits per heavy atom. The second-order valence-corrected chi connectivity index (χ2v) is 5.11. The SMILES string of the molecule is CCC(C)NC(=O)CC(NC(C)=O)c1ccc(OC)cc1. The van der Waals surface area contributed by atoms with Crippen molar-refractivity contribution in [2.24, 2.45) is 0 Å². The van der Waals surface area contributed by atoms with E-state index in [1.165, 1.54) is 6.92 Å². The molecule has 0 radical (unpaired) electrons. The molecular weight excluding hydrogens is 268 g/mol. The molecule has 0 aliphatic carbocycles. The molecule has 0 heterocycles. The van der Waals surface area contributed by atoms with Crippen molar-refractivity contribution < 1.29 is 14.3 Å². The number of rotatable bonds is 7. The van der Waals surface area contributed by atoms with Gasteiger partial charge < -0.3 is 15.4 Å². The molecule has 1 aromatic carbocycles. The van der Waals surface area contributed by atoms with E-state index < -0.39 is 0 Å². The Kier molecular flexibility index (Phi) is 6.72. The molecule has 1 aromatic rings. The van der Waals surface area contributed by atoms with Crippen LogP contribution >= 0.6 is 0 Å². The van der Waals surface area contributed by atoms with Crippen molar-refractivity contribution in [2.45, 2.75) is 45.7 Å². The van der Waals surface area contributed by atoms with E-state index in [9.17, 15) is 9.59 Å². The van der Waals surface area contributed by atoms with Crippen LogP contribution in [0.3, 0.4) is 0 Å². The zero-order chi connectivity index (χ0) is 15.8. The Morgan fingerprint density at radius 1 is 1.19 bits per heavy atom. The van der Waals surface area contributed by atoms with Gasteiger partial charge in [-0.05, 0) is 31.0 Å². The van der Waals surface area contributed by atoms with Crippen LogP contribution in [0, 0.1) is 0 Å². The largest absolute Gasteiger partial charge is 0.497 e. The number of hydrogen-bond donors (Lipinski definition) is 2. The second-order valence-electron chi connectivity index (χ2n) is 5.11. The first-order valence-corrected chi connectivity index (χ1v) is 7.16. The lowest BCUT2D eigenvalue weighted by Crippen LogP contribution is -2.36. The van der Waals surface area contributed by atoms with Gasteiger partial charge in [0.15, 0.2) is 0 Å². The summed E-state index contributed by atoms with van der Waals surface area (Å²) in [4.78, 5) is 23.4. The lowest BCUT2D eigenvalue weighted by molar-refractivity contribution is -0.123. The quantitative estimate of drug-likeness (QED) is 0.809. The number of hydrogen-bond acceptors (Lipinski definition) is 3. The normalized spacial score (nSPS) is 13.1. The molecule has 0 aromatic heterocycles. The van der Waals surface area contributed by atoms with Crippen LogP contribution < -0.4 is 15.4 Å². The highest BCUT2D eigenvalue weighted by atomic mass is 16.5. The maximum atomic E-state index is 12.0. The van der Waals surface area contributed by atoms with E-state index in [1.54, 1.807) is 7.11 Å². The van der Waals surface area contributed by atoms with Gasteiger partial charge in [-0.2, -0.15) is 0 Å². The van der Waals surface area contributed by atoms with Gasteiger partial charge in [0.2, 0.25) is 11.8 Å². The van der Waals surface area contributed by atoms with Crippen molar-refractivity contribution in [3.8, 4) is 5.75 Å². The minimum absolute atomic E-state index is 0.0704. The number of carbonyl (C=O) groups is 2. The highest BCUT2D eigenvalue weighted by Crippen LogP contribution is 2.20. The van der Waals surface area contributed by atoms with E-state index in [1.807, 2.05) is 38.1 Å². The summed E-state index contributed by atoms with van der Waals surface area (Å²) in [5.74, 6) is 0.510. The standard InChI is InChI=1S/C16H24N2O3/c1-5-11(2)17-16(20)10-15(18-12(3)19)13-6-8-14(21-4)9-7-13/h6-9,11,15H,5,10H2,1-4H3,(H,17,20)(H,18,19). The van der Waals surface area contributed by atoms with Gasteiger partial charge in [0.05, 0.1) is 19.6 Å². The lowest BCUT2D eigenvalue weighted by Gasteiger charge is -2.20. The van der Waals surface area contributed by atoms with Crippen molar-refractivity contribution in [1.29, 1.82) is 0 Å². The summed E-state index contributed by atoms with van der Waals surface area (Å²) < 4.78 is 5.11. The maximum absolute atomic E-state index is 12.0. The van der Waals surface area contributed by atoms with Gasteiger partial charge in [-0.25, -0.2) is 0 Å². The van der Waals surface area contributed by atoms with E-state index in [0.717, 1.165) is 17.7 Å². The average Bonchev–Trinajstić information content (AvgIpc) is 2.46. The van der Waals surface area contributed by atoms with Gasteiger partial charge in [-0.3, -0.25) is 9.59 Å². The molecule has 5 nitrogen and oxygen atoms in total. The topological polar surface area (TPSA) is 67.4 Å². The molecule has 0 saturated carbocycles. The maximum Gasteiger partial charge on any atom is 0.222 e. The van der Waals surface area contributed by atoms with Crippen LogP contribution in [0.5, 0.6) is 5.75 Å². The van der Waals surface area contributed by atoms with Crippen LogP contribution in [-0.2, 0) is 9.59 Å². The predicted molar refractivity (Wildman–Crippen MR) is 82.1 cm³/mol. The van der Waals surface area contributed by atoms with Crippen molar-refractivity contribution >= 4 is 11.8 Å². The van der Waals surface area contributed by atoms with E-state index in [-0.39, 0.29) is 30.3 Å². The van der Waals surface area contributed by atoms with E-state index in [4.69, 9.17) is 4.74 Å². The monoisotopic (exact) mass is 292 g/mol. The fourth-order valence-corrected chi connectivity index (χ4v) is 1.96. The van der Waals surface area contributed by atoms with Crippen molar-refractivity contribution in [1.82, 2.24) is 10.6 Å². The Bertz CT molecular complexity index is 471. The number of ether oxygens (including phenoxy) is 1. The number of carbonyl (C=O) groups excluding carboxylic acids is 2. The molecular formula is C16H24N2O3. The zero-order valence-electron chi connectivity index (χ0n) is 13.1. The van der Waals surface area contributed by atoms with Gasteiger partial charge in [0.1, 0.15) is 5.75 Å². The van der Waals surface area contributed by atoms with Gasteiger partial charge in [-0.15, -0.1) is 0 Å². The molecule has 2 N–H and O–H groups in total. The first-order chi connectivity index (χ1) is 9.96. The Labute approximate surface area is 126 Å². The molecule has 2 amide bonds. The van der Waals surface area contributed by atoms with Crippen LogP contribution in [0.1, 0.15) is 45.2 Å². The molecule has 0 fully saturated rings. The summed E-state index contributed by atoms with van der Waals surface area (Å²) in [5, 5.41) is 5.73. The minimum Gasteiger partial charge on any atom is -0.497 e. The van der Waals surface area contributed by atoms with Crippen LogP contribution in [0.2, 0.25) is 0 Å². The van der Waals surface area contributed by atoms with E-state index >= 15 is 0 Å². The van der Waals surface area contributed by atoms with Crippen molar-refractivity contribution in [3.05, 3.63) is 29.8 Å². The smallest absolute Gasteiger partial charge is 0.222 e. The average molecular weight is 292 g/mol. The molecule has 2 atom stereocenters. The Balaban J connectivity index is 2.79. The molecule has 2 unspecified atom stereocenters. The summed E-state index contributed by atoms with van der Waals surface area (Å²) >= 11 is 0. The molecule has 0 saturated heterocycles. The molecule has 21 heavy (non-hydrogen) atoms. The molecule has 116 valence electrons. The first-order valence-electron chi connectivity index (χ1n) is 7.16. The van der Waals surface area contributed by atoms with Crippen LogP contribution in [-0.4, -0.2) is 25.0 Å². The van der Waals surface area contributed by atoms with Crippen LogP contribution in [0.4, 0.5) is 0 Å². The highest BCUT2D eigenvalue weighted by Gasteiger charge is 2.18. The number of methoxy groups -OCH3 is 1. The lowest BCUT2D eigenvalue weighted by atomic mass is 10.0. The van der Waals surface area contributed by atoms with Gasteiger partial charge in [0.25, 0.3) is 0 Å². The first kappa shape index (κ1) is 17.0. The fourth-order valence-electron chi connectivity index (χ4n) is 1.96. The molecule has 0 aliphatic rings. The highest BCUT2D eigenvalue weighted by molar-refractivity contribution is 5.79. The molecule has 1 rings (SSSR count). The number of amides is 2. The molecule has 0 bridgehead atoms. The molecule has 0 spiro atoms. The van der Waals surface area contributed by atoms with E-state index in [2.05, 4.69) is 10.6 Å². The van der Waals surface area contributed by atoms with Crippen molar-refractivity contribution in [3.63, 3.8) is 0 Å². The fraction of sp³-hybridized carbons (Fsp3) is 0.500. The summed E-state index contributed by atoms with van der Waals surface area (Å²) in [6.07, 6.45) is 1.09. The van der Waals surface area contributed by atoms with Crippen LogP contribution in [0.25, 0.3) is 0 Å². The van der Waals surface area contributed by atoms with Gasteiger partial charge in [-0.1, -0.05) is 19.1 Å². The summed E-state index contributed by atoms with van der Waals surface area (Å²) in [5.41, 5.74) is 0.880. The minimum atomic E-state index is -0.336. The predicted octanol–water partition coefficient (Wildman–Crippen LogP) is 2.18. The zero-order valence-corrected chi connectivity index (χ0v) is 13.1. The summed E-state index contributed by atoms with van der Waals surface area (Å²) in [6, 6.07) is 7.14. The van der Waals surface area contributed by atoms with Crippen LogP contribution in [0.15, 0.2) is 24.3 Å².